The van der Waals surface area contributed by atoms with Gasteiger partial charge >= 0.3 is 5.97 Å². The van der Waals surface area contributed by atoms with Gasteiger partial charge in [0.15, 0.2) is 10.9 Å². The van der Waals surface area contributed by atoms with E-state index in [1.165, 1.54) is 13.4 Å². The monoisotopic (exact) mass is 391 g/mol. The molecule has 3 heterocycles. The molecule has 0 spiro atoms. The summed E-state index contributed by atoms with van der Waals surface area (Å²) in [5, 5.41) is 3.10. The van der Waals surface area contributed by atoms with Gasteiger partial charge in [-0.1, -0.05) is 0 Å². The van der Waals surface area contributed by atoms with E-state index < -0.39 is 5.97 Å². The first-order valence-corrected chi connectivity index (χ1v) is 9.01. The van der Waals surface area contributed by atoms with Crippen LogP contribution < -0.4 is 5.32 Å². The van der Waals surface area contributed by atoms with Crippen molar-refractivity contribution in [3.63, 3.8) is 0 Å². The first-order chi connectivity index (χ1) is 13.1. The second kappa shape index (κ2) is 8.83. The molecule has 9 heteroatoms. The molecule has 144 valence electrons. The van der Waals surface area contributed by atoms with Crippen LogP contribution in [0.15, 0.2) is 39.4 Å². The Morgan fingerprint density at radius 2 is 2.04 bits per heavy atom. The zero-order chi connectivity index (χ0) is 19.2. The fraction of sp³-hybridized carbons (Fsp3) is 0.389. The molecule has 1 aliphatic heterocycles. The molecule has 2 aromatic rings. The number of nitrogens with zero attached hydrogens (tertiary/aromatic N) is 2. The lowest BCUT2D eigenvalue weighted by atomic mass is 10.3. The Bertz CT molecular complexity index is 802. The molecule has 0 radical (unpaired) electrons. The maximum Gasteiger partial charge on any atom is 0.373 e. The molecular weight excluding hydrogens is 370 g/mol. The molecule has 8 nitrogen and oxygen atoms in total. The van der Waals surface area contributed by atoms with E-state index in [-0.39, 0.29) is 17.4 Å². The van der Waals surface area contributed by atoms with E-state index in [1.54, 1.807) is 24.3 Å². The third-order valence-corrected chi connectivity index (χ3v) is 4.63. The van der Waals surface area contributed by atoms with Gasteiger partial charge in [0, 0.05) is 26.2 Å². The van der Waals surface area contributed by atoms with Crippen LogP contribution >= 0.6 is 12.2 Å². The summed E-state index contributed by atoms with van der Waals surface area (Å²) in [6.45, 7) is 3.64. The SMILES string of the molecule is COC(=O)c1ccc(CN2CCCN(C(=S)NC(=O)c3ccco3)CC2)o1. The quantitative estimate of drug-likeness (QED) is 0.624. The molecule has 1 fully saturated rings. The van der Waals surface area contributed by atoms with E-state index in [2.05, 4.69) is 15.0 Å². The smallest absolute Gasteiger partial charge is 0.373 e. The minimum Gasteiger partial charge on any atom is -0.463 e. The van der Waals surface area contributed by atoms with Crippen molar-refractivity contribution in [1.82, 2.24) is 15.1 Å². The Morgan fingerprint density at radius 3 is 2.78 bits per heavy atom. The van der Waals surface area contributed by atoms with Gasteiger partial charge in [-0.05, 0) is 42.9 Å². The van der Waals surface area contributed by atoms with Gasteiger partial charge in [0.05, 0.1) is 19.9 Å². The number of hydrogen-bond acceptors (Lipinski definition) is 7. The molecule has 27 heavy (non-hydrogen) atoms. The van der Waals surface area contributed by atoms with Crippen LogP contribution in [0.1, 0.15) is 33.3 Å². The number of ether oxygens (including phenoxy) is 1. The van der Waals surface area contributed by atoms with Crippen LogP contribution in [0.3, 0.4) is 0 Å². The lowest BCUT2D eigenvalue weighted by molar-refractivity contribution is 0.0561. The molecular formula is C18H21N3O5S. The number of methoxy groups -OCH3 is 1. The van der Waals surface area contributed by atoms with Crippen molar-refractivity contribution < 1.29 is 23.2 Å². The number of carbonyl (C=O) groups excluding carboxylic acids is 2. The topological polar surface area (TPSA) is 88.2 Å². The van der Waals surface area contributed by atoms with Gasteiger partial charge in [0.1, 0.15) is 5.76 Å². The molecule has 0 aliphatic carbocycles. The standard InChI is InChI=1S/C18H21N3O5S/c1-24-17(23)15-6-5-13(26-15)12-20-7-3-8-21(10-9-20)18(27)19-16(22)14-4-2-11-25-14/h2,4-6,11H,3,7-10,12H2,1H3,(H,19,22,27). The van der Waals surface area contributed by atoms with E-state index in [0.29, 0.717) is 24.0 Å². The third kappa shape index (κ3) is 4.95. The number of nitrogens with one attached hydrogen (secondary N) is 1. The third-order valence-electron chi connectivity index (χ3n) is 4.27. The second-order valence-electron chi connectivity index (χ2n) is 6.11. The minimum absolute atomic E-state index is 0.200. The second-order valence-corrected chi connectivity index (χ2v) is 6.50. The van der Waals surface area contributed by atoms with Gasteiger partial charge < -0.3 is 18.5 Å². The first-order valence-electron chi connectivity index (χ1n) is 8.60. The number of esters is 1. The first kappa shape index (κ1) is 19.1. The summed E-state index contributed by atoms with van der Waals surface area (Å²) in [7, 11) is 1.32. The number of carbonyl (C=O) groups is 2. The van der Waals surface area contributed by atoms with Crippen LogP contribution in [0, 0.1) is 0 Å². The van der Waals surface area contributed by atoms with Crippen molar-refractivity contribution in [3.8, 4) is 0 Å². The van der Waals surface area contributed by atoms with Crippen LogP contribution in [0.25, 0.3) is 0 Å². The summed E-state index contributed by atoms with van der Waals surface area (Å²) in [5.41, 5.74) is 0. The summed E-state index contributed by atoms with van der Waals surface area (Å²) in [5.74, 6) is 0.300. The highest BCUT2D eigenvalue weighted by Crippen LogP contribution is 2.14. The zero-order valence-corrected chi connectivity index (χ0v) is 15.8. The predicted molar refractivity (Wildman–Crippen MR) is 100 cm³/mol. The molecule has 1 N–H and O–H groups in total. The normalized spacial score (nSPS) is 15.2. The number of furan rings is 2. The summed E-state index contributed by atoms with van der Waals surface area (Å²) in [6.07, 6.45) is 2.34. The highest BCUT2D eigenvalue weighted by atomic mass is 32.1. The molecule has 1 aliphatic rings. The van der Waals surface area contributed by atoms with Crippen molar-refractivity contribution in [1.29, 1.82) is 0 Å². The Kier molecular flexibility index (Phi) is 6.25. The number of amides is 1. The van der Waals surface area contributed by atoms with Crippen molar-refractivity contribution >= 4 is 29.2 Å². The molecule has 0 saturated carbocycles. The highest BCUT2D eigenvalue weighted by molar-refractivity contribution is 7.80. The number of thiocarbonyl (C=S) groups is 1. The van der Waals surface area contributed by atoms with Crippen LogP contribution in [0.4, 0.5) is 0 Å². The lowest BCUT2D eigenvalue weighted by Crippen LogP contribution is -2.44. The van der Waals surface area contributed by atoms with Crippen molar-refractivity contribution in [3.05, 3.63) is 47.8 Å². The maximum atomic E-state index is 12.1. The Hall–Kier alpha value is -2.65. The Balaban J connectivity index is 1.51. The molecule has 3 rings (SSSR count). The molecule has 0 unspecified atom stereocenters. The Labute approximate surface area is 162 Å². The summed E-state index contributed by atoms with van der Waals surface area (Å²) < 4.78 is 15.3. The van der Waals surface area contributed by atoms with Gasteiger partial charge in [0.2, 0.25) is 5.76 Å². The average Bonchev–Trinajstić information content (AvgIpc) is 3.30. The van der Waals surface area contributed by atoms with Crippen LogP contribution in [-0.2, 0) is 11.3 Å². The summed E-state index contributed by atoms with van der Waals surface area (Å²) in [4.78, 5) is 27.7. The van der Waals surface area contributed by atoms with E-state index >= 15 is 0 Å². The zero-order valence-electron chi connectivity index (χ0n) is 15.0. The van der Waals surface area contributed by atoms with E-state index in [1.807, 2.05) is 4.90 Å². The fourth-order valence-electron chi connectivity index (χ4n) is 2.87. The van der Waals surface area contributed by atoms with Crippen molar-refractivity contribution in [2.75, 3.05) is 33.3 Å². The largest absolute Gasteiger partial charge is 0.463 e. The fourth-order valence-corrected chi connectivity index (χ4v) is 3.15. The Morgan fingerprint density at radius 1 is 1.19 bits per heavy atom. The molecule has 0 aromatic carbocycles. The van der Waals surface area contributed by atoms with Gasteiger partial charge in [-0.3, -0.25) is 15.0 Å². The number of rotatable bonds is 4. The highest BCUT2D eigenvalue weighted by Gasteiger charge is 2.20. The van der Waals surface area contributed by atoms with Gasteiger partial charge in [-0.15, -0.1) is 0 Å². The summed E-state index contributed by atoms with van der Waals surface area (Å²) in [6, 6.07) is 6.64. The minimum atomic E-state index is -0.485. The molecule has 0 atom stereocenters. The van der Waals surface area contributed by atoms with E-state index in [4.69, 9.17) is 21.1 Å². The van der Waals surface area contributed by atoms with Gasteiger partial charge in [-0.2, -0.15) is 0 Å². The maximum absolute atomic E-state index is 12.1. The van der Waals surface area contributed by atoms with Gasteiger partial charge in [-0.25, -0.2) is 4.79 Å². The lowest BCUT2D eigenvalue weighted by Gasteiger charge is -2.23. The van der Waals surface area contributed by atoms with Crippen LogP contribution in [-0.4, -0.2) is 60.1 Å². The molecule has 0 bridgehead atoms. The average molecular weight is 391 g/mol. The molecule has 1 amide bonds. The predicted octanol–water partition coefficient (Wildman–Crippen LogP) is 1.88. The van der Waals surface area contributed by atoms with Gasteiger partial charge in [0.25, 0.3) is 5.91 Å². The van der Waals surface area contributed by atoms with Crippen molar-refractivity contribution in [2.24, 2.45) is 0 Å². The van der Waals surface area contributed by atoms with Crippen LogP contribution in [0.5, 0.6) is 0 Å². The molecule has 1 saturated heterocycles. The van der Waals surface area contributed by atoms with Crippen molar-refractivity contribution in [2.45, 2.75) is 13.0 Å². The number of hydrogen-bond donors (Lipinski definition) is 1. The summed E-state index contributed by atoms with van der Waals surface area (Å²) >= 11 is 5.36. The van der Waals surface area contributed by atoms with E-state index in [9.17, 15) is 9.59 Å². The van der Waals surface area contributed by atoms with E-state index in [0.717, 1.165) is 26.1 Å². The molecule has 2 aromatic heterocycles. The van der Waals surface area contributed by atoms with Crippen LogP contribution in [0.2, 0.25) is 0 Å².